The van der Waals surface area contributed by atoms with Crippen molar-refractivity contribution in [3.8, 4) is 0 Å². The quantitative estimate of drug-likeness (QED) is 0.324. The summed E-state index contributed by atoms with van der Waals surface area (Å²) in [7, 11) is 1.37. The van der Waals surface area contributed by atoms with Crippen LogP contribution < -0.4 is 16.2 Å². The molecule has 0 bridgehead atoms. The molecule has 0 aromatic heterocycles. The number of rotatable bonds is 6. The first kappa shape index (κ1) is 15.5. The molecule has 0 aliphatic carbocycles. The molecule has 0 fully saturated rings. The van der Waals surface area contributed by atoms with Gasteiger partial charge >= 0.3 is 5.97 Å². The monoisotopic (exact) mass is 301 g/mol. The summed E-state index contributed by atoms with van der Waals surface area (Å²) in [4.78, 5) is 10.9. The number of methoxy groups -OCH3 is 1. The molecule has 0 amide bonds. The van der Waals surface area contributed by atoms with E-state index in [2.05, 4.69) is 20.9 Å². The first-order valence-corrected chi connectivity index (χ1v) is 6.52. The van der Waals surface area contributed by atoms with Gasteiger partial charge in [-0.1, -0.05) is 11.6 Å². The Hall–Kier alpha value is -1.53. The van der Waals surface area contributed by atoms with Crippen LogP contribution in [0.3, 0.4) is 0 Å². The van der Waals surface area contributed by atoms with Crippen molar-refractivity contribution in [3.05, 3.63) is 29.3 Å². The van der Waals surface area contributed by atoms with E-state index in [4.69, 9.17) is 23.8 Å². The van der Waals surface area contributed by atoms with Crippen LogP contribution in [0.1, 0.15) is 12.8 Å². The van der Waals surface area contributed by atoms with E-state index in [9.17, 15) is 4.79 Å². The molecule has 0 aliphatic rings. The first-order valence-electron chi connectivity index (χ1n) is 5.74. The zero-order chi connectivity index (χ0) is 14.1. The van der Waals surface area contributed by atoms with Gasteiger partial charge in [-0.3, -0.25) is 15.6 Å². The van der Waals surface area contributed by atoms with Crippen LogP contribution >= 0.6 is 23.8 Å². The average Bonchev–Trinajstić information content (AvgIpc) is 2.42. The summed E-state index contributed by atoms with van der Waals surface area (Å²) in [5, 5.41) is 4.10. The minimum absolute atomic E-state index is 0.222. The van der Waals surface area contributed by atoms with Gasteiger partial charge in [0.25, 0.3) is 0 Å². The van der Waals surface area contributed by atoms with Crippen LogP contribution in [-0.4, -0.2) is 24.7 Å². The Morgan fingerprint density at radius 1 is 1.37 bits per heavy atom. The molecule has 1 aromatic carbocycles. The van der Waals surface area contributed by atoms with E-state index in [1.165, 1.54) is 7.11 Å². The Kier molecular flexibility index (Phi) is 6.99. The molecule has 1 rings (SSSR count). The number of halogens is 1. The lowest BCUT2D eigenvalue weighted by Gasteiger charge is -2.12. The fourth-order valence-corrected chi connectivity index (χ4v) is 1.52. The van der Waals surface area contributed by atoms with Gasteiger partial charge in [0.15, 0.2) is 5.11 Å². The Balaban J connectivity index is 2.14. The SMILES string of the molecule is COC(=O)CCCNC(=S)NNc1ccc(Cl)cc1. The van der Waals surface area contributed by atoms with Crippen molar-refractivity contribution >= 4 is 40.6 Å². The first-order chi connectivity index (χ1) is 9.11. The summed E-state index contributed by atoms with van der Waals surface area (Å²) < 4.78 is 4.53. The van der Waals surface area contributed by atoms with Crippen molar-refractivity contribution in [2.45, 2.75) is 12.8 Å². The zero-order valence-electron chi connectivity index (χ0n) is 10.5. The lowest BCUT2D eigenvalue weighted by Crippen LogP contribution is -2.39. The van der Waals surface area contributed by atoms with Crippen molar-refractivity contribution in [1.82, 2.24) is 10.7 Å². The Bertz CT molecular complexity index is 425. The van der Waals surface area contributed by atoms with Gasteiger partial charge < -0.3 is 10.1 Å². The van der Waals surface area contributed by atoms with Crippen LogP contribution in [0.15, 0.2) is 24.3 Å². The number of benzene rings is 1. The number of nitrogens with one attached hydrogen (secondary N) is 3. The van der Waals surface area contributed by atoms with E-state index in [0.717, 1.165) is 5.69 Å². The molecule has 1 aromatic rings. The van der Waals surface area contributed by atoms with Crippen molar-refractivity contribution in [2.75, 3.05) is 19.1 Å². The molecule has 0 saturated carbocycles. The number of hydrogen-bond acceptors (Lipinski definition) is 4. The number of hydrogen-bond donors (Lipinski definition) is 3. The number of anilines is 1. The average molecular weight is 302 g/mol. The highest BCUT2D eigenvalue weighted by molar-refractivity contribution is 7.80. The summed E-state index contributed by atoms with van der Waals surface area (Å²) in [5.41, 5.74) is 6.61. The smallest absolute Gasteiger partial charge is 0.305 e. The number of carbonyl (C=O) groups is 1. The van der Waals surface area contributed by atoms with E-state index >= 15 is 0 Å². The molecule has 0 unspecified atom stereocenters. The van der Waals surface area contributed by atoms with Crippen LogP contribution in [0.25, 0.3) is 0 Å². The second-order valence-corrected chi connectivity index (χ2v) is 4.54. The van der Waals surface area contributed by atoms with E-state index in [-0.39, 0.29) is 5.97 Å². The topological polar surface area (TPSA) is 62.4 Å². The van der Waals surface area contributed by atoms with E-state index in [0.29, 0.717) is 29.5 Å². The summed E-state index contributed by atoms with van der Waals surface area (Å²) in [6.07, 6.45) is 1.03. The van der Waals surface area contributed by atoms with Crippen LogP contribution in [-0.2, 0) is 9.53 Å². The lowest BCUT2D eigenvalue weighted by atomic mass is 10.3. The Labute approximate surface area is 122 Å². The van der Waals surface area contributed by atoms with E-state index < -0.39 is 0 Å². The van der Waals surface area contributed by atoms with Gasteiger partial charge in [0.1, 0.15) is 0 Å². The van der Waals surface area contributed by atoms with Crippen molar-refractivity contribution in [3.63, 3.8) is 0 Å². The third-order valence-corrected chi connectivity index (χ3v) is 2.73. The predicted octanol–water partition coefficient (Wildman–Crippen LogP) is 2.08. The molecule has 0 atom stereocenters. The minimum atomic E-state index is -0.222. The minimum Gasteiger partial charge on any atom is -0.469 e. The van der Waals surface area contributed by atoms with Gasteiger partial charge in [-0.05, 0) is 42.9 Å². The van der Waals surface area contributed by atoms with Gasteiger partial charge in [-0.15, -0.1) is 0 Å². The van der Waals surface area contributed by atoms with Crippen LogP contribution in [0, 0.1) is 0 Å². The highest BCUT2D eigenvalue weighted by atomic mass is 35.5. The van der Waals surface area contributed by atoms with Crippen molar-refractivity contribution in [1.29, 1.82) is 0 Å². The van der Waals surface area contributed by atoms with Gasteiger partial charge in [-0.2, -0.15) is 0 Å². The Morgan fingerprint density at radius 3 is 2.68 bits per heavy atom. The summed E-state index contributed by atoms with van der Waals surface area (Å²) >= 11 is 10.8. The summed E-state index contributed by atoms with van der Waals surface area (Å²) in [5.74, 6) is -0.222. The third kappa shape index (κ3) is 6.83. The zero-order valence-corrected chi connectivity index (χ0v) is 12.1. The summed E-state index contributed by atoms with van der Waals surface area (Å²) in [6, 6.07) is 7.21. The van der Waals surface area contributed by atoms with Crippen LogP contribution in [0.5, 0.6) is 0 Å². The maximum absolute atomic E-state index is 10.9. The molecule has 0 spiro atoms. The van der Waals surface area contributed by atoms with Crippen molar-refractivity contribution < 1.29 is 9.53 Å². The van der Waals surface area contributed by atoms with Gasteiger partial charge in [0, 0.05) is 18.0 Å². The molecule has 3 N–H and O–H groups in total. The molecule has 0 saturated heterocycles. The fraction of sp³-hybridized carbons (Fsp3) is 0.333. The number of hydrazine groups is 1. The molecule has 104 valence electrons. The molecule has 0 aliphatic heterocycles. The maximum atomic E-state index is 10.9. The molecule has 5 nitrogen and oxygen atoms in total. The van der Waals surface area contributed by atoms with Gasteiger partial charge in [0.2, 0.25) is 0 Å². The number of ether oxygens (including phenoxy) is 1. The second kappa shape index (κ2) is 8.55. The standard InChI is InChI=1S/C12H16ClN3O2S/c1-18-11(17)3-2-8-14-12(19)16-15-10-6-4-9(13)5-7-10/h4-7,15H,2-3,8H2,1H3,(H2,14,16,19). The molecule has 7 heteroatoms. The van der Waals surface area contributed by atoms with Gasteiger partial charge in [-0.25, -0.2) is 0 Å². The second-order valence-electron chi connectivity index (χ2n) is 3.69. The highest BCUT2D eigenvalue weighted by Gasteiger charge is 2.00. The number of thiocarbonyl (C=S) groups is 1. The molecule has 19 heavy (non-hydrogen) atoms. The molecular weight excluding hydrogens is 286 g/mol. The van der Waals surface area contributed by atoms with Crippen molar-refractivity contribution in [2.24, 2.45) is 0 Å². The molecule has 0 radical (unpaired) electrons. The molecule has 0 heterocycles. The molecular formula is C12H16ClN3O2S. The van der Waals surface area contributed by atoms with E-state index in [1.807, 2.05) is 12.1 Å². The predicted molar refractivity (Wildman–Crippen MR) is 80.1 cm³/mol. The maximum Gasteiger partial charge on any atom is 0.305 e. The summed E-state index contributed by atoms with van der Waals surface area (Å²) in [6.45, 7) is 0.600. The van der Waals surface area contributed by atoms with Crippen LogP contribution in [0.2, 0.25) is 5.02 Å². The van der Waals surface area contributed by atoms with Crippen LogP contribution in [0.4, 0.5) is 5.69 Å². The Morgan fingerprint density at radius 2 is 2.05 bits per heavy atom. The number of carbonyl (C=O) groups excluding carboxylic acids is 1. The van der Waals surface area contributed by atoms with E-state index in [1.54, 1.807) is 12.1 Å². The fourth-order valence-electron chi connectivity index (χ4n) is 1.24. The van der Waals surface area contributed by atoms with Gasteiger partial charge in [0.05, 0.1) is 12.8 Å². The lowest BCUT2D eigenvalue weighted by molar-refractivity contribution is -0.140. The third-order valence-electron chi connectivity index (χ3n) is 2.24. The largest absolute Gasteiger partial charge is 0.469 e. The normalized spacial score (nSPS) is 9.58. The number of esters is 1. The highest BCUT2D eigenvalue weighted by Crippen LogP contribution is 2.12.